The molecule has 3 aromatic rings. The number of hydrogen-bond donors (Lipinski definition) is 2. The van der Waals surface area contributed by atoms with Crippen LogP contribution in [-0.2, 0) is 4.74 Å². The Morgan fingerprint density at radius 1 is 1.14 bits per heavy atom. The van der Waals surface area contributed by atoms with Crippen molar-refractivity contribution in [1.82, 2.24) is 5.43 Å². The molecule has 8 heteroatoms. The highest BCUT2D eigenvalue weighted by molar-refractivity contribution is 9.10. The van der Waals surface area contributed by atoms with Gasteiger partial charge >= 0.3 is 5.97 Å². The Morgan fingerprint density at radius 3 is 2.71 bits per heavy atom. The number of rotatable bonds is 5. The number of halogens is 1. The number of amides is 1. The zero-order valence-electron chi connectivity index (χ0n) is 14.7. The number of hydrazone groups is 1. The number of esters is 1. The fourth-order valence-corrected chi connectivity index (χ4v) is 2.82. The normalized spacial score (nSPS) is 10.8. The minimum Gasteiger partial charge on any atom is -0.507 e. The van der Waals surface area contributed by atoms with Crippen LogP contribution in [0.4, 0.5) is 0 Å². The number of ether oxygens (including phenoxy) is 1. The van der Waals surface area contributed by atoms with Crippen molar-refractivity contribution in [2.45, 2.75) is 0 Å². The van der Waals surface area contributed by atoms with Gasteiger partial charge in [-0.3, -0.25) is 4.79 Å². The molecule has 142 valence electrons. The topological polar surface area (TPSA) is 101 Å². The van der Waals surface area contributed by atoms with E-state index in [0.717, 1.165) is 0 Å². The molecule has 0 aliphatic heterocycles. The van der Waals surface area contributed by atoms with Crippen LogP contribution in [0.25, 0.3) is 11.3 Å². The molecule has 0 atom stereocenters. The number of carbonyl (C=O) groups excluding carboxylic acids is 2. The molecule has 1 amide bonds. The van der Waals surface area contributed by atoms with Gasteiger partial charge in [0.2, 0.25) is 0 Å². The van der Waals surface area contributed by atoms with Crippen LogP contribution in [0.3, 0.4) is 0 Å². The number of carbonyl (C=O) groups is 2. The van der Waals surface area contributed by atoms with Gasteiger partial charge in [-0.05, 0) is 36.4 Å². The fourth-order valence-electron chi connectivity index (χ4n) is 2.46. The van der Waals surface area contributed by atoms with Crippen LogP contribution in [0.1, 0.15) is 26.5 Å². The van der Waals surface area contributed by atoms with Crippen LogP contribution in [0, 0.1) is 0 Å². The molecule has 28 heavy (non-hydrogen) atoms. The molecular formula is C20H15BrN2O5. The molecule has 2 N–H and O–H groups in total. The molecule has 0 aliphatic carbocycles. The minimum absolute atomic E-state index is 0.0821. The first-order valence-electron chi connectivity index (χ1n) is 8.09. The number of phenolic OH excluding ortho intramolecular Hbond substituents is 1. The maximum Gasteiger partial charge on any atom is 0.338 e. The summed E-state index contributed by atoms with van der Waals surface area (Å²) in [4.78, 5) is 24.0. The van der Waals surface area contributed by atoms with Gasteiger partial charge in [-0.25, -0.2) is 10.2 Å². The molecular weight excluding hydrogens is 428 g/mol. The second-order valence-corrected chi connectivity index (χ2v) is 6.52. The molecule has 0 unspecified atom stereocenters. The number of methoxy groups -OCH3 is 1. The number of hydrogen-bond acceptors (Lipinski definition) is 6. The number of nitrogens with zero attached hydrogens (tertiary/aromatic N) is 1. The van der Waals surface area contributed by atoms with Gasteiger partial charge < -0.3 is 14.3 Å². The van der Waals surface area contributed by atoms with E-state index in [-0.39, 0.29) is 11.3 Å². The van der Waals surface area contributed by atoms with Crippen LogP contribution < -0.4 is 5.43 Å². The Kier molecular flexibility index (Phi) is 5.90. The molecule has 0 radical (unpaired) electrons. The van der Waals surface area contributed by atoms with Crippen molar-refractivity contribution in [2.75, 3.05) is 7.11 Å². The van der Waals surface area contributed by atoms with Crippen molar-refractivity contribution in [1.29, 1.82) is 0 Å². The number of phenols is 1. The van der Waals surface area contributed by atoms with Crippen molar-refractivity contribution in [3.63, 3.8) is 0 Å². The average molecular weight is 443 g/mol. The summed E-state index contributed by atoms with van der Waals surface area (Å²) in [6.45, 7) is 0. The Bertz CT molecular complexity index is 1060. The minimum atomic E-state index is -0.571. The highest BCUT2D eigenvalue weighted by atomic mass is 79.9. The Labute approximate surface area is 168 Å². The average Bonchev–Trinajstić information content (AvgIpc) is 3.17. The Hall–Kier alpha value is -3.39. The van der Waals surface area contributed by atoms with E-state index < -0.39 is 11.9 Å². The van der Waals surface area contributed by atoms with Gasteiger partial charge in [-0.1, -0.05) is 34.1 Å². The zero-order chi connectivity index (χ0) is 20.1. The van der Waals surface area contributed by atoms with Gasteiger partial charge in [-0.15, -0.1) is 0 Å². The van der Waals surface area contributed by atoms with E-state index in [1.165, 1.54) is 25.5 Å². The summed E-state index contributed by atoms with van der Waals surface area (Å²) in [6.07, 6.45) is 1.32. The van der Waals surface area contributed by atoms with Gasteiger partial charge in [-0.2, -0.15) is 5.10 Å². The largest absolute Gasteiger partial charge is 0.507 e. The molecule has 0 fully saturated rings. The number of furan rings is 1. The summed E-state index contributed by atoms with van der Waals surface area (Å²) >= 11 is 3.24. The summed E-state index contributed by atoms with van der Waals surface area (Å²) in [5.74, 6) is -0.372. The molecule has 3 rings (SSSR count). The number of nitrogens with one attached hydrogen (secondary N) is 1. The summed E-state index contributed by atoms with van der Waals surface area (Å²) in [5.41, 5.74) is 3.36. The van der Waals surface area contributed by atoms with E-state index in [9.17, 15) is 14.7 Å². The second kappa shape index (κ2) is 8.53. The summed E-state index contributed by atoms with van der Waals surface area (Å²) in [7, 11) is 1.31. The van der Waals surface area contributed by atoms with E-state index in [4.69, 9.17) is 9.15 Å². The Balaban J connectivity index is 1.74. The molecule has 0 bridgehead atoms. The molecule has 2 aromatic carbocycles. The lowest BCUT2D eigenvalue weighted by Gasteiger charge is -2.04. The molecule has 0 spiro atoms. The van der Waals surface area contributed by atoms with Gasteiger partial charge in [0.15, 0.2) is 0 Å². The van der Waals surface area contributed by atoms with Crippen LogP contribution >= 0.6 is 15.9 Å². The maximum atomic E-state index is 12.1. The van der Waals surface area contributed by atoms with E-state index in [1.54, 1.807) is 42.5 Å². The van der Waals surface area contributed by atoms with Crippen molar-refractivity contribution in [3.05, 3.63) is 76.0 Å². The molecule has 0 aliphatic rings. The molecule has 1 aromatic heterocycles. The van der Waals surface area contributed by atoms with Crippen LogP contribution in [-0.4, -0.2) is 30.3 Å². The molecule has 0 saturated carbocycles. The van der Waals surface area contributed by atoms with Crippen LogP contribution in [0.15, 0.2) is 68.6 Å². The Morgan fingerprint density at radius 2 is 1.93 bits per heavy atom. The second-order valence-electron chi connectivity index (χ2n) is 5.60. The lowest BCUT2D eigenvalue weighted by molar-refractivity contribution is 0.0601. The zero-order valence-corrected chi connectivity index (χ0v) is 16.3. The molecule has 1 heterocycles. The summed E-state index contributed by atoms with van der Waals surface area (Å²) in [5, 5.41) is 13.6. The van der Waals surface area contributed by atoms with E-state index in [2.05, 4.69) is 26.5 Å². The molecule has 7 nitrogen and oxygen atoms in total. The highest BCUT2D eigenvalue weighted by Gasteiger charge is 2.15. The molecule has 0 saturated heterocycles. The maximum absolute atomic E-state index is 12.1. The predicted molar refractivity (Wildman–Crippen MR) is 106 cm³/mol. The van der Waals surface area contributed by atoms with E-state index in [0.29, 0.717) is 27.1 Å². The number of benzene rings is 2. The van der Waals surface area contributed by atoms with Crippen molar-refractivity contribution >= 4 is 34.0 Å². The van der Waals surface area contributed by atoms with Gasteiger partial charge in [0, 0.05) is 10.0 Å². The van der Waals surface area contributed by atoms with Gasteiger partial charge in [0.1, 0.15) is 17.3 Å². The van der Waals surface area contributed by atoms with Crippen molar-refractivity contribution < 1.29 is 23.8 Å². The standard InChI is InChI=1S/C20H15BrN2O5/c1-27-20(26)15-5-3-2-4-14(15)18-9-7-13(28-18)11-22-23-19(25)16-10-12(21)6-8-17(16)24/h2-11,24H,1H3,(H,23,25)/b22-11-. The third-order valence-electron chi connectivity index (χ3n) is 3.79. The van der Waals surface area contributed by atoms with Crippen LogP contribution in [0.2, 0.25) is 0 Å². The van der Waals surface area contributed by atoms with Gasteiger partial charge in [0.25, 0.3) is 5.91 Å². The van der Waals surface area contributed by atoms with Gasteiger partial charge in [0.05, 0.1) is 24.5 Å². The van der Waals surface area contributed by atoms with E-state index in [1.807, 2.05) is 0 Å². The smallest absolute Gasteiger partial charge is 0.338 e. The third-order valence-corrected chi connectivity index (χ3v) is 4.28. The first-order valence-corrected chi connectivity index (χ1v) is 8.88. The first-order chi connectivity index (χ1) is 13.5. The summed E-state index contributed by atoms with van der Waals surface area (Å²) in [6, 6.07) is 14.7. The van der Waals surface area contributed by atoms with Crippen molar-refractivity contribution in [3.8, 4) is 17.1 Å². The first kappa shape index (κ1) is 19.4. The van der Waals surface area contributed by atoms with E-state index >= 15 is 0 Å². The number of aromatic hydroxyl groups is 1. The summed E-state index contributed by atoms with van der Waals surface area (Å²) < 4.78 is 11.1. The monoisotopic (exact) mass is 442 g/mol. The van der Waals surface area contributed by atoms with Crippen molar-refractivity contribution in [2.24, 2.45) is 5.10 Å². The lowest BCUT2D eigenvalue weighted by atomic mass is 10.1. The highest BCUT2D eigenvalue weighted by Crippen LogP contribution is 2.26. The predicted octanol–water partition coefficient (Wildman–Crippen LogP) is 3.97. The lowest BCUT2D eigenvalue weighted by Crippen LogP contribution is -2.17. The SMILES string of the molecule is COC(=O)c1ccccc1-c1ccc(/C=N\NC(=O)c2cc(Br)ccc2O)o1. The third kappa shape index (κ3) is 4.29. The fraction of sp³-hybridized carbons (Fsp3) is 0.0500. The quantitative estimate of drug-likeness (QED) is 0.353. The van der Waals surface area contributed by atoms with Crippen LogP contribution in [0.5, 0.6) is 5.75 Å².